The number of hydrogen-bond acceptors (Lipinski definition) is 4. The molecule has 0 bridgehead atoms. The van der Waals surface area contributed by atoms with Gasteiger partial charge in [0.2, 0.25) is 5.82 Å². The van der Waals surface area contributed by atoms with E-state index in [1.54, 1.807) is 6.20 Å². The summed E-state index contributed by atoms with van der Waals surface area (Å²) in [6.07, 6.45) is 2.26. The molecule has 0 aliphatic rings. The van der Waals surface area contributed by atoms with Crippen molar-refractivity contribution in [3.63, 3.8) is 0 Å². The van der Waals surface area contributed by atoms with Crippen LogP contribution in [0.1, 0.15) is 5.69 Å². The third kappa shape index (κ3) is 3.48. The number of halogens is 1. The lowest BCUT2D eigenvalue weighted by atomic mass is 10.3. The van der Waals surface area contributed by atoms with Crippen LogP contribution < -0.4 is 4.74 Å². The Bertz CT molecular complexity index is 575. The molecule has 19 heavy (non-hydrogen) atoms. The van der Waals surface area contributed by atoms with E-state index in [-0.39, 0.29) is 5.75 Å². The number of nitrogens with zero attached hydrogens (tertiary/aromatic N) is 2. The monoisotopic (exact) mass is 262 g/mol. The number of ether oxygens (including phenoxy) is 1. The Morgan fingerprint density at radius 3 is 2.79 bits per heavy atom. The summed E-state index contributed by atoms with van der Waals surface area (Å²) in [5.41, 5.74) is 0.307. The van der Waals surface area contributed by atoms with E-state index >= 15 is 0 Å². The van der Waals surface area contributed by atoms with Gasteiger partial charge in [0.1, 0.15) is 5.75 Å². The molecule has 6 heteroatoms. The SMILES string of the molecule is O=[N+]([O-])c1ccc(OCCc2ccccn2)cc1F. The maximum Gasteiger partial charge on any atom is 0.305 e. The second kappa shape index (κ2) is 5.90. The zero-order valence-electron chi connectivity index (χ0n) is 9.95. The zero-order chi connectivity index (χ0) is 13.7. The Hall–Kier alpha value is -2.50. The normalized spacial score (nSPS) is 10.2. The predicted octanol–water partition coefficient (Wildman–Crippen LogP) is 2.75. The second-order valence-corrected chi connectivity index (χ2v) is 3.79. The third-order valence-corrected chi connectivity index (χ3v) is 2.47. The fraction of sp³-hybridized carbons (Fsp3) is 0.154. The lowest BCUT2D eigenvalue weighted by Crippen LogP contribution is -2.03. The van der Waals surface area contributed by atoms with Gasteiger partial charge in [-0.1, -0.05) is 6.07 Å². The Kier molecular flexibility index (Phi) is 4.02. The smallest absolute Gasteiger partial charge is 0.305 e. The van der Waals surface area contributed by atoms with Crippen molar-refractivity contribution in [1.29, 1.82) is 0 Å². The molecule has 1 aromatic heterocycles. The summed E-state index contributed by atoms with van der Waals surface area (Å²) in [7, 11) is 0. The van der Waals surface area contributed by atoms with Gasteiger partial charge in [-0.25, -0.2) is 0 Å². The summed E-state index contributed by atoms with van der Waals surface area (Å²) in [4.78, 5) is 13.8. The second-order valence-electron chi connectivity index (χ2n) is 3.79. The average molecular weight is 262 g/mol. The zero-order valence-corrected chi connectivity index (χ0v) is 9.95. The van der Waals surface area contributed by atoms with E-state index in [0.29, 0.717) is 13.0 Å². The van der Waals surface area contributed by atoms with Gasteiger partial charge in [-0.2, -0.15) is 4.39 Å². The highest BCUT2D eigenvalue weighted by Gasteiger charge is 2.14. The van der Waals surface area contributed by atoms with E-state index in [1.165, 1.54) is 6.07 Å². The van der Waals surface area contributed by atoms with E-state index < -0.39 is 16.4 Å². The Labute approximate surface area is 108 Å². The molecule has 0 N–H and O–H groups in total. The number of nitro benzene ring substituents is 1. The molecular formula is C13H11FN2O3. The van der Waals surface area contributed by atoms with E-state index in [9.17, 15) is 14.5 Å². The third-order valence-electron chi connectivity index (χ3n) is 2.47. The minimum absolute atomic E-state index is 0.263. The molecular weight excluding hydrogens is 251 g/mol. The molecule has 0 aliphatic heterocycles. The molecule has 0 amide bonds. The maximum atomic E-state index is 13.3. The van der Waals surface area contributed by atoms with Crippen molar-refractivity contribution in [2.75, 3.05) is 6.61 Å². The molecule has 2 aromatic rings. The molecule has 0 saturated carbocycles. The quantitative estimate of drug-likeness (QED) is 0.614. The first-order chi connectivity index (χ1) is 9.16. The molecule has 1 aromatic carbocycles. The predicted molar refractivity (Wildman–Crippen MR) is 66.5 cm³/mol. The first-order valence-electron chi connectivity index (χ1n) is 5.63. The molecule has 0 radical (unpaired) electrons. The van der Waals surface area contributed by atoms with Crippen molar-refractivity contribution < 1.29 is 14.1 Å². The fourth-order valence-electron chi connectivity index (χ4n) is 1.54. The van der Waals surface area contributed by atoms with Gasteiger partial charge in [0.25, 0.3) is 0 Å². The van der Waals surface area contributed by atoms with Crippen molar-refractivity contribution in [2.45, 2.75) is 6.42 Å². The van der Waals surface area contributed by atoms with Gasteiger partial charge in [-0.05, 0) is 18.2 Å². The Morgan fingerprint density at radius 2 is 2.16 bits per heavy atom. The molecule has 5 nitrogen and oxygen atoms in total. The summed E-state index contributed by atoms with van der Waals surface area (Å²) < 4.78 is 18.6. The van der Waals surface area contributed by atoms with E-state index in [0.717, 1.165) is 17.8 Å². The van der Waals surface area contributed by atoms with Gasteiger partial charge < -0.3 is 4.74 Å². The van der Waals surface area contributed by atoms with Crippen molar-refractivity contribution in [3.05, 3.63) is 64.2 Å². The van der Waals surface area contributed by atoms with Gasteiger partial charge in [-0.3, -0.25) is 15.1 Å². The van der Waals surface area contributed by atoms with Gasteiger partial charge in [0.15, 0.2) is 0 Å². The first-order valence-corrected chi connectivity index (χ1v) is 5.63. The lowest BCUT2D eigenvalue weighted by molar-refractivity contribution is -0.387. The Morgan fingerprint density at radius 1 is 1.32 bits per heavy atom. The van der Waals surface area contributed by atoms with Crippen molar-refractivity contribution in [3.8, 4) is 5.75 Å². The molecule has 0 atom stereocenters. The first kappa shape index (κ1) is 12.9. The van der Waals surface area contributed by atoms with Gasteiger partial charge in [0.05, 0.1) is 11.5 Å². The minimum Gasteiger partial charge on any atom is -0.493 e. The number of pyridine rings is 1. The summed E-state index contributed by atoms with van der Waals surface area (Å²) in [6.45, 7) is 0.328. The van der Waals surface area contributed by atoms with Crippen LogP contribution in [0.3, 0.4) is 0 Å². The molecule has 0 aliphatic carbocycles. The molecule has 0 saturated heterocycles. The number of aromatic nitrogens is 1. The standard InChI is InChI=1S/C13H11FN2O3/c14-12-9-11(4-5-13(12)16(17)18)19-8-6-10-3-1-2-7-15-10/h1-5,7,9H,6,8H2. The van der Waals surface area contributed by atoms with Crippen LogP contribution in [0.15, 0.2) is 42.6 Å². The van der Waals surface area contributed by atoms with Crippen LogP contribution in [0.4, 0.5) is 10.1 Å². The average Bonchev–Trinajstić information content (AvgIpc) is 2.39. The summed E-state index contributed by atoms with van der Waals surface area (Å²) in [5, 5.41) is 10.4. The van der Waals surface area contributed by atoms with Gasteiger partial charge in [0, 0.05) is 30.4 Å². The van der Waals surface area contributed by atoms with E-state index in [4.69, 9.17) is 4.74 Å². The highest BCUT2D eigenvalue weighted by molar-refractivity contribution is 5.37. The fourth-order valence-corrected chi connectivity index (χ4v) is 1.54. The number of nitro groups is 1. The summed E-state index contributed by atoms with van der Waals surface area (Å²) >= 11 is 0. The van der Waals surface area contributed by atoms with Crippen LogP contribution in [-0.4, -0.2) is 16.5 Å². The molecule has 2 rings (SSSR count). The molecule has 0 unspecified atom stereocenters. The van der Waals surface area contributed by atoms with E-state index in [2.05, 4.69) is 4.98 Å². The van der Waals surface area contributed by atoms with Crippen molar-refractivity contribution in [1.82, 2.24) is 4.98 Å². The van der Waals surface area contributed by atoms with Crippen LogP contribution in [-0.2, 0) is 6.42 Å². The molecule has 98 valence electrons. The van der Waals surface area contributed by atoms with E-state index in [1.807, 2.05) is 18.2 Å². The largest absolute Gasteiger partial charge is 0.493 e. The molecule has 0 spiro atoms. The molecule has 1 heterocycles. The van der Waals surface area contributed by atoms with Crippen LogP contribution in [0, 0.1) is 15.9 Å². The summed E-state index contributed by atoms with van der Waals surface area (Å²) in [6, 6.07) is 9.02. The van der Waals surface area contributed by atoms with Crippen LogP contribution in [0.25, 0.3) is 0 Å². The number of benzene rings is 1. The van der Waals surface area contributed by atoms with Gasteiger partial charge >= 0.3 is 5.69 Å². The minimum atomic E-state index is -0.902. The maximum absolute atomic E-state index is 13.3. The Balaban J connectivity index is 1.93. The topological polar surface area (TPSA) is 65.3 Å². The number of rotatable bonds is 5. The van der Waals surface area contributed by atoms with Crippen molar-refractivity contribution in [2.24, 2.45) is 0 Å². The van der Waals surface area contributed by atoms with Crippen LogP contribution in [0.2, 0.25) is 0 Å². The van der Waals surface area contributed by atoms with Crippen molar-refractivity contribution >= 4 is 5.69 Å². The van der Waals surface area contributed by atoms with Gasteiger partial charge in [-0.15, -0.1) is 0 Å². The van der Waals surface area contributed by atoms with Crippen LogP contribution in [0.5, 0.6) is 5.75 Å². The number of hydrogen-bond donors (Lipinski definition) is 0. The lowest BCUT2D eigenvalue weighted by Gasteiger charge is -2.05. The highest BCUT2D eigenvalue weighted by Crippen LogP contribution is 2.22. The highest BCUT2D eigenvalue weighted by atomic mass is 19.1. The van der Waals surface area contributed by atoms with Crippen LogP contribution >= 0.6 is 0 Å². The summed E-state index contributed by atoms with van der Waals surface area (Å²) in [5.74, 6) is -0.639. The molecule has 0 fully saturated rings.